The Labute approximate surface area is 133 Å². The van der Waals surface area contributed by atoms with E-state index in [9.17, 15) is 13.2 Å². The van der Waals surface area contributed by atoms with Crippen molar-refractivity contribution in [1.29, 1.82) is 0 Å². The molecular formula is C14H21F3N4O2. The van der Waals surface area contributed by atoms with Crippen LogP contribution in [0.15, 0.2) is 23.3 Å². The van der Waals surface area contributed by atoms with Gasteiger partial charge in [0.15, 0.2) is 5.96 Å². The fourth-order valence-electron chi connectivity index (χ4n) is 1.76. The minimum absolute atomic E-state index is 0.0133. The molecule has 0 aliphatic rings. The van der Waals surface area contributed by atoms with Gasteiger partial charge in [0.1, 0.15) is 12.2 Å². The molecule has 0 saturated heterocycles. The molecule has 1 aromatic heterocycles. The molecule has 1 rings (SSSR count). The molecule has 0 saturated carbocycles. The minimum Gasteiger partial charge on any atom is -0.475 e. The Kier molecular flexibility index (Phi) is 7.60. The maximum Gasteiger partial charge on any atom is 0.421 e. The lowest BCUT2D eigenvalue weighted by Crippen LogP contribution is -2.45. The number of methoxy groups -OCH3 is 1. The molecule has 2 N–H and O–H groups in total. The number of alkyl halides is 3. The molecule has 0 aromatic carbocycles. The standard InChI is InChI=1S/C14H21F3N4O2/c1-10(9-22-3)21-13(18-2)20-7-8-23-12-11(14(15,16)17)5-4-6-19-12/h4-6,10H,7-9H2,1-3H3,(H2,18,20,21). The van der Waals surface area contributed by atoms with E-state index < -0.39 is 17.6 Å². The number of halogens is 3. The van der Waals surface area contributed by atoms with Crippen LogP contribution in [0.3, 0.4) is 0 Å². The summed E-state index contributed by atoms with van der Waals surface area (Å²) in [5.74, 6) is 0.0766. The van der Waals surface area contributed by atoms with Gasteiger partial charge in [-0.05, 0) is 19.1 Å². The molecule has 0 aliphatic carbocycles. The minimum atomic E-state index is -4.50. The van der Waals surface area contributed by atoms with Gasteiger partial charge in [0.05, 0.1) is 13.2 Å². The van der Waals surface area contributed by atoms with Crippen LogP contribution in [0.25, 0.3) is 0 Å². The van der Waals surface area contributed by atoms with Crippen LogP contribution in [0.4, 0.5) is 13.2 Å². The van der Waals surface area contributed by atoms with Crippen molar-refractivity contribution in [3.8, 4) is 5.88 Å². The van der Waals surface area contributed by atoms with Gasteiger partial charge in [0.2, 0.25) is 5.88 Å². The highest BCUT2D eigenvalue weighted by Crippen LogP contribution is 2.34. The second-order valence-corrected chi connectivity index (χ2v) is 4.70. The Balaban J connectivity index is 2.46. The monoisotopic (exact) mass is 334 g/mol. The first-order valence-electron chi connectivity index (χ1n) is 6.99. The van der Waals surface area contributed by atoms with Crippen LogP contribution in [-0.4, -0.2) is 50.9 Å². The van der Waals surface area contributed by atoms with Gasteiger partial charge in [-0.1, -0.05) is 0 Å². The first-order valence-corrected chi connectivity index (χ1v) is 6.99. The number of aliphatic imine (C=N–C) groups is 1. The summed E-state index contributed by atoms with van der Waals surface area (Å²) in [5, 5.41) is 6.00. The van der Waals surface area contributed by atoms with Gasteiger partial charge < -0.3 is 20.1 Å². The molecule has 0 bridgehead atoms. The zero-order valence-electron chi connectivity index (χ0n) is 13.3. The van der Waals surface area contributed by atoms with Crippen molar-refractivity contribution < 1.29 is 22.6 Å². The molecule has 0 aliphatic heterocycles. The van der Waals surface area contributed by atoms with Crippen molar-refractivity contribution in [2.75, 3.05) is 33.9 Å². The van der Waals surface area contributed by atoms with Crippen molar-refractivity contribution in [2.45, 2.75) is 19.1 Å². The van der Waals surface area contributed by atoms with Gasteiger partial charge in [-0.25, -0.2) is 4.98 Å². The van der Waals surface area contributed by atoms with Crippen LogP contribution in [0, 0.1) is 0 Å². The lowest BCUT2D eigenvalue weighted by atomic mass is 10.2. The summed E-state index contributed by atoms with van der Waals surface area (Å²) in [7, 11) is 3.18. The number of pyridine rings is 1. The third-order valence-electron chi connectivity index (χ3n) is 2.73. The zero-order valence-corrected chi connectivity index (χ0v) is 13.3. The van der Waals surface area contributed by atoms with E-state index in [0.717, 1.165) is 6.07 Å². The van der Waals surface area contributed by atoms with E-state index in [1.165, 1.54) is 12.3 Å². The van der Waals surface area contributed by atoms with E-state index in [1.807, 2.05) is 6.92 Å². The number of rotatable bonds is 7. The summed E-state index contributed by atoms with van der Waals surface area (Å²) in [6.07, 6.45) is -3.24. The summed E-state index contributed by atoms with van der Waals surface area (Å²) in [4.78, 5) is 7.62. The van der Waals surface area contributed by atoms with Gasteiger partial charge in [-0.15, -0.1) is 0 Å². The maximum absolute atomic E-state index is 12.8. The molecule has 1 aromatic rings. The molecule has 0 spiro atoms. The number of aromatic nitrogens is 1. The summed E-state index contributed by atoms with van der Waals surface area (Å²) in [5.41, 5.74) is -0.892. The van der Waals surface area contributed by atoms with Crippen LogP contribution in [-0.2, 0) is 10.9 Å². The Morgan fingerprint density at radius 1 is 1.43 bits per heavy atom. The summed E-state index contributed by atoms with van der Waals surface area (Å²) >= 11 is 0. The van der Waals surface area contributed by atoms with Gasteiger partial charge in [-0.3, -0.25) is 4.99 Å². The molecule has 0 radical (unpaired) electrons. The predicted octanol–water partition coefficient (Wildman–Crippen LogP) is 1.68. The quantitative estimate of drug-likeness (QED) is 0.451. The summed E-state index contributed by atoms with van der Waals surface area (Å²) < 4.78 is 48.4. The van der Waals surface area contributed by atoms with E-state index in [-0.39, 0.29) is 19.2 Å². The molecule has 1 heterocycles. The first-order chi connectivity index (χ1) is 10.9. The molecule has 1 unspecified atom stereocenters. The highest BCUT2D eigenvalue weighted by Gasteiger charge is 2.34. The average molecular weight is 334 g/mol. The summed E-state index contributed by atoms with van der Waals surface area (Å²) in [6.45, 7) is 2.70. The molecule has 130 valence electrons. The number of hydrogen-bond acceptors (Lipinski definition) is 4. The van der Waals surface area contributed by atoms with Gasteiger partial charge in [-0.2, -0.15) is 13.2 Å². The Morgan fingerprint density at radius 3 is 2.78 bits per heavy atom. The van der Waals surface area contributed by atoms with Gasteiger partial charge in [0.25, 0.3) is 0 Å². The zero-order chi connectivity index (χ0) is 17.3. The topological polar surface area (TPSA) is 67.8 Å². The number of hydrogen-bond donors (Lipinski definition) is 2. The molecule has 23 heavy (non-hydrogen) atoms. The van der Waals surface area contributed by atoms with E-state index >= 15 is 0 Å². The average Bonchev–Trinajstić information content (AvgIpc) is 2.50. The van der Waals surface area contributed by atoms with Crippen molar-refractivity contribution in [3.63, 3.8) is 0 Å². The van der Waals surface area contributed by atoms with Crippen LogP contribution < -0.4 is 15.4 Å². The Morgan fingerprint density at radius 2 is 2.17 bits per heavy atom. The Bertz CT molecular complexity index is 509. The van der Waals surface area contributed by atoms with Gasteiger partial charge >= 0.3 is 6.18 Å². The number of nitrogens with one attached hydrogen (secondary N) is 2. The van der Waals surface area contributed by atoms with E-state index in [1.54, 1.807) is 14.2 Å². The lowest BCUT2D eigenvalue weighted by molar-refractivity contribution is -0.139. The van der Waals surface area contributed by atoms with Crippen molar-refractivity contribution in [1.82, 2.24) is 15.6 Å². The molecule has 0 fully saturated rings. The van der Waals surface area contributed by atoms with E-state index in [0.29, 0.717) is 12.6 Å². The molecule has 0 amide bonds. The molecule has 9 heteroatoms. The van der Waals surface area contributed by atoms with Crippen LogP contribution in [0.1, 0.15) is 12.5 Å². The fourth-order valence-corrected chi connectivity index (χ4v) is 1.76. The fraction of sp³-hybridized carbons (Fsp3) is 0.571. The third kappa shape index (κ3) is 6.72. The predicted molar refractivity (Wildman–Crippen MR) is 80.6 cm³/mol. The van der Waals surface area contributed by atoms with E-state index in [2.05, 4.69) is 20.6 Å². The second kappa shape index (κ2) is 9.19. The largest absolute Gasteiger partial charge is 0.475 e. The molecule has 6 nitrogen and oxygen atoms in total. The van der Waals surface area contributed by atoms with Crippen LogP contribution >= 0.6 is 0 Å². The number of nitrogens with zero attached hydrogens (tertiary/aromatic N) is 2. The highest BCUT2D eigenvalue weighted by molar-refractivity contribution is 5.79. The highest BCUT2D eigenvalue weighted by atomic mass is 19.4. The normalized spacial score (nSPS) is 13.6. The maximum atomic E-state index is 12.8. The van der Waals surface area contributed by atoms with Crippen molar-refractivity contribution in [2.24, 2.45) is 4.99 Å². The molecular weight excluding hydrogens is 313 g/mol. The Hall–Kier alpha value is -2.03. The van der Waals surface area contributed by atoms with Crippen LogP contribution in [0.5, 0.6) is 5.88 Å². The van der Waals surface area contributed by atoms with Gasteiger partial charge in [0, 0.05) is 26.4 Å². The lowest BCUT2D eigenvalue weighted by Gasteiger charge is -2.17. The smallest absolute Gasteiger partial charge is 0.421 e. The first kappa shape index (κ1) is 19.0. The number of ether oxygens (including phenoxy) is 2. The second-order valence-electron chi connectivity index (χ2n) is 4.70. The SMILES string of the molecule is CN=C(NCCOc1ncccc1C(F)(F)F)NC(C)COC. The summed E-state index contributed by atoms with van der Waals surface area (Å²) in [6, 6.07) is 2.19. The van der Waals surface area contributed by atoms with Crippen molar-refractivity contribution >= 4 is 5.96 Å². The third-order valence-corrected chi connectivity index (χ3v) is 2.73. The van der Waals surface area contributed by atoms with Crippen LogP contribution in [0.2, 0.25) is 0 Å². The van der Waals surface area contributed by atoms with Crippen molar-refractivity contribution in [3.05, 3.63) is 23.9 Å². The molecule has 1 atom stereocenters. The number of guanidine groups is 1. The van der Waals surface area contributed by atoms with E-state index in [4.69, 9.17) is 9.47 Å².